The maximum absolute atomic E-state index is 13.0. The number of benzene rings is 1. The zero-order chi connectivity index (χ0) is 22.5. The fraction of sp³-hybridized carbons (Fsp3) is 0.455. The zero-order valence-electron chi connectivity index (χ0n) is 17.6. The van der Waals surface area contributed by atoms with Crippen molar-refractivity contribution in [2.24, 2.45) is 0 Å². The smallest absolute Gasteiger partial charge is 0.243 e. The number of hydroxylamine groups is 1. The lowest BCUT2D eigenvalue weighted by molar-refractivity contribution is -0.129. The van der Waals surface area contributed by atoms with Gasteiger partial charge >= 0.3 is 0 Å². The molecule has 0 aliphatic carbocycles. The van der Waals surface area contributed by atoms with Crippen molar-refractivity contribution in [2.75, 3.05) is 24.7 Å². The molecule has 2 aromatic rings. The lowest BCUT2D eigenvalue weighted by atomic mass is 10.1. The Labute approximate surface area is 195 Å². The van der Waals surface area contributed by atoms with Gasteiger partial charge in [-0.15, -0.1) is 11.3 Å². The Morgan fingerprint density at radius 3 is 2.45 bits per heavy atom. The first-order valence-corrected chi connectivity index (χ1v) is 11.9. The number of anilines is 1. The van der Waals surface area contributed by atoms with Gasteiger partial charge in [-0.05, 0) is 72.1 Å². The number of unbranched alkanes of at least 4 members (excludes halogenated alkanes) is 2. The van der Waals surface area contributed by atoms with Crippen molar-refractivity contribution >= 4 is 44.8 Å². The van der Waals surface area contributed by atoms with Crippen LogP contribution in [0.25, 0.3) is 0 Å². The molecule has 2 N–H and O–H groups in total. The van der Waals surface area contributed by atoms with Gasteiger partial charge in [0.2, 0.25) is 11.8 Å². The summed E-state index contributed by atoms with van der Waals surface area (Å²) in [6.45, 7) is 4.11. The first-order valence-electron chi connectivity index (χ1n) is 10.3. The number of thiophene rings is 1. The fourth-order valence-electron chi connectivity index (χ4n) is 2.93. The monoisotopic (exact) mass is 512 g/mol. The second-order valence-corrected chi connectivity index (χ2v) is 9.37. The number of nitrogens with zero attached hydrogens (tertiary/aromatic N) is 1. The van der Waals surface area contributed by atoms with Crippen LogP contribution >= 0.6 is 27.3 Å². The van der Waals surface area contributed by atoms with Crippen LogP contribution < -0.4 is 15.1 Å². The Hall–Kier alpha value is -1.94. The van der Waals surface area contributed by atoms with Crippen LogP contribution in [-0.2, 0) is 20.9 Å². The molecule has 0 radical (unpaired) electrons. The van der Waals surface area contributed by atoms with Crippen molar-refractivity contribution in [3.05, 3.63) is 45.1 Å². The van der Waals surface area contributed by atoms with E-state index in [4.69, 9.17) is 14.7 Å². The van der Waals surface area contributed by atoms with E-state index >= 15 is 0 Å². The largest absolute Gasteiger partial charge is 0.491 e. The van der Waals surface area contributed by atoms with Crippen LogP contribution in [0.4, 0.5) is 5.69 Å². The van der Waals surface area contributed by atoms with Crippen molar-refractivity contribution in [1.82, 2.24) is 5.48 Å². The Balaban J connectivity index is 1.97. The Morgan fingerprint density at radius 1 is 1.06 bits per heavy atom. The number of carbonyl (C=O) groups excluding carboxylic acids is 2. The third-order valence-corrected chi connectivity index (χ3v) is 6.12. The molecule has 0 aliphatic heterocycles. The number of nitrogens with one attached hydrogen (secondary N) is 1. The topological polar surface area (TPSA) is 88.1 Å². The van der Waals surface area contributed by atoms with Crippen molar-refractivity contribution in [3.63, 3.8) is 0 Å². The predicted octanol–water partition coefficient (Wildman–Crippen LogP) is 4.92. The predicted molar refractivity (Wildman–Crippen MR) is 125 cm³/mol. The molecule has 1 aromatic carbocycles. The summed E-state index contributed by atoms with van der Waals surface area (Å²) in [5, 5.41) is 8.53. The van der Waals surface area contributed by atoms with E-state index in [1.807, 2.05) is 43.3 Å². The van der Waals surface area contributed by atoms with Crippen LogP contribution in [0.1, 0.15) is 43.9 Å². The minimum absolute atomic E-state index is 0.0288. The summed E-state index contributed by atoms with van der Waals surface area (Å²) in [5.41, 5.74) is 2.43. The first-order chi connectivity index (χ1) is 15.0. The van der Waals surface area contributed by atoms with E-state index in [0.29, 0.717) is 45.6 Å². The quantitative estimate of drug-likeness (QED) is 0.213. The minimum Gasteiger partial charge on any atom is -0.491 e. The van der Waals surface area contributed by atoms with Gasteiger partial charge in [0.05, 0.1) is 16.9 Å². The van der Waals surface area contributed by atoms with Gasteiger partial charge in [-0.2, -0.15) is 0 Å². The average Bonchev–Trinajstić information content (AvgIpc) is 3.19. The SMILES string of the molecule is CCOCCOc1ccc(N(Cc2ccc(Br)s2)C(=O)CCCCCC(=O)NO)cc1. The summed E-state index contributed by atoms with van der Waals surface area (Å²) in [7, 11) is 0. The van der Waals surface area contributed by atoms with E-state index in [9.17, 15) is 9.59 Å². The number of hydrogen-bond donors (Lipinski definition) is 2. The molecule has 2 rings (SSSR count). The molecular formula is C22H29BrN2O5S. The highest BCUT2D eigenvalue weighted by molar-refractivity contribution is 9.11. The Kier molecular flexibility index (Phi) is 11.6. The van der Waals surface area contributed by atoms with Gasteiger partial charge in [-0.3, -0.25) is 14.8 Å². The van der Waals surface area contributed by atoms with E-state index in [1.54, 1.807) is 21.7 Å². The summed E-state index contributed by atoms with van der Waals surface area (Å²) in [6, 6.07) is 11.5. The molecule has 2 amide bonds. The molecule has 0 bridgehead atoms. The van der Waals surface area contributed by atoms with E-state index in [0.717, 1.165) is 26.5 Å². The lowest BCUT2D eigenvalue weighted by Gasteiger charge is -2.23. The molecule has 170 valence electrons. The van der Waals surface area contributed by atoms with Crippen LogP contribution in [-0.4, -0.2) is 36.8 Å². The summed E-state index contributed by atoms with van der Waals surface area (Å²) in [5.74, 6) is 0.359. The second-order valence-electron chi connectivity index (χ2n) is 6.82. The molecule has 0 saturated carbocycles. The average molecular weight is 513 g/mol. The van der Waals surface area contributed by atoms with E-state index in [2.05, 4.69) is 15.9 Å². The van der Waals surface area contributed by atoms with Gasteiger partial charge < -0.3 is 14.4 Å². The summed E-state index contributed by atoms with van der Waals surface area (Å²) in [6.07, 6.45) is 2.69. The third-order valence-electron chi connectivity index (χ3n) is 4.51. The normalized spacial score (nSPS) is 10.7. The van der Waals surface area contributed by atoms with Gasteiger partial charge in [0.15, 0.2) is 0 Å². The molecule has 1 aromatic heterocycles. The molecule has 9 heteroatoms. The molecule has 0 aliphatic rings. The molecule has 0 saturated heterocycles. The second kappa shape index (κ2) is 14.2. The standard InChI is InChI=1S/C22H29BrN2O5S/c1-2-29-14-15-30-18-10-8-17(9-11-18)25(16-19-12-13-20(23)31-19)22(27)7-5-3-4-6-21(26)24-28/h8-13,28H,2-7,14-16H2,1H3,(H,24,26). The Bertz CT molecular complexity index is 812. The van der Waals surface area contributed by atoms with Crippen LogP contribution in [0, 0.1) is 0 Å². The molecular weight excluding hydrogens is 484 g/mol. The molecule has 7 nitrogen and oxygen atoms in total. The van der Waals surface area contributed by atoms with Crippen LogP contribution in [0.5, 0.6) is 5.75 Å². The summed E-state index contributed by atoms with van der Waals surface area (Å²) >= 11 is 5.08. The highest BCUT2D eigenvalue weighted by atomic mass is 79.9. The lowest BCUT2D eigenvalue weighted by Crippen LogP contribution is -2.29. The number of amides is 2. The minimum atomic E-state index is -0.403. The first kappa shape index (κ1) is 25.3. The maximum atomic E-state index is 13.0. The summed E-state index contributed by atoms with van der Waals surface area (Å²) < 4.78 is 12.0. The molecule has 0 fully saturated rings. The number of halogens is 1. The number of rotatable bonds is 14. The zero-order valence-corrected chi connectivity index (χ0v) is 20.0. The highest BCUT2D eigenvalue weighted by Gasteiger charge is 2.17. The van der Waals surface area contributed by atoms with Crippen molar-refractivity contribution in [2.45, 2.75) is 45.6 Å². The molecule has 0 unspecified atom stereocenters. The number of hydrogen-bond acceptors (Lipinski definition) is 6. The van der Waals surface area contributed by atoms with E-state index in [-0.39, 0.29) is 12.3 Å². The summed E-state index contributed by atoms with van der Waals surface area (Å²) in [4.78, 5) is 26.9. The van der Waals surface area contributed by atoms with Gasteiger partial charge in [-0.1, -0.05) is 6.42 Å². The molecule has 31 heavy (non-hydrogen) atoms. The Morgan fingerprint density at radius 2 is 1.81 bits per heavy atom. The van der Waals surface area contributed by atoms with Gasteiger partial charge in [0.25, 0.3) is 0 Å². The van der Waals surface area contributed by atoms with E-state index < -0.39 is 5.91 Å². The van der Waals surface area contributed by atoms with Gasteiger partial charge in [0.1, 0.15) is 12.4 Å². The van der Waals surface area contributed by atoms with Crippen LogP contribution in [0.15, 0.2) is 40.2 Å². The third kappa shape index (κ3) is 9.39. The van der Waals surface area contributed by atoms with Crippen LogP contribution in [0.2, 0.25) is 0 Å². The van der Waals surface area contributed by atoms with Gasteiger partial charge in [-0.25, -0.2) is 5.48 Å². The van der Waals surface area contributed by atoms with Crippen molar-refractivity contribution < 1.29 is 24.3 Å². The van der Waals surface area contributed by atoms with Crippen LogP contribution in [0.3, 0.4) is 0 Å². The molecule has 1 heterocycles. The van der Waals surface area contributed by atoms with Crippen molar-refractivity contribution in [1.29, 1.82) is 0 Å². The van der Waals surface area contributed by atoms with E-state index in [1.165, 1.54) is 0 Å². The van der Waals surface area contributed by atoms with Crippen molar-refractivity contribution in [3.8, 4) is 5.75 Å². The molecule has 0 atom stereocenters. The number of carbonyl (C=O) groups is 2. The van der Waals surface area contributed by atoms with Gasteiger partial charge in [0, 0.05) is 30.0 Å². The highest BCUT2D eigenvalue weighted by Crippen LogP contribution is 2.27. The molecule has 0 spiro atoms. The fourth-order valence-corrected chi connectivity index (χ4v) is 4.40. The number of ether oxygens (including phenoxy) is 2. The maximum Gasteiger partial charge on any atom is 0.243 e.